The molecule has 0 bridgehead atoms. The average Bonchev–Trinajstić information content (AvgIpc) is 2.74. The van der Waals surface area contributed by atoms with Gasteiger partial charge in [-0.3, -0.25) is 0 Å². The molecule has 0 atom stereocenters. The van der Waals surface area contributed by atoms with Gasteiger partial charge in [0.25, 0.3) is 0 Å². The number of carboxylic acids is 1. The van der Waals surface area contributed by atoms with Crippen molar-refractivity contribution in [3.05, 3.63) is 46.6 Å². The molecule has 5 heteroatoms. The molecule has 84 valence electrons. The summed E-state index contributed by atoms with van der Waals surface area (Å²) in [5.41, 5.74) is -0.154. The normalized spacial score (nSPS) is 11.1. The number of aromatic amines is 1. The number of fused-ring (bicyclic) bond motifs is 3. The van der Waals surface area contributed by atoms with E-state index in [0.717, 1.165) is 0 Å². The van der Waals surface area contributed by atoms with Gasteiger partial charge in [0.2, 0.25) is 0 Å². The number of nitrogens with one attached hydrogen (secondary N) is 1. The molecule has 17 heavy (non-hydrogen) atoms. The van der Waals surface area contributed by atoms with Crippen molar-refractivity contribution in [1.29, 1.82) is 0 Å². The lowest BCUT2D eigenvalue weighted by atomic mass is 10.1. The number of rotatable bonds is 1. The summed E-state index contributed by atoms with van der Waals surface area (Å²) in [5.74, 6) is -1.10. The molecular weight excluding hydrogens is 222 g/mol. The first-order chi connectivity index (χ1) is 8.18. The van der Waals surface area contributed by atoms with Gasteiger partial charge in [-0.05, 0) is 6.07 Å². The SMILES string of the molecule is O=C(O)c1[nH]cc2c(=O)oc3ccccc3c12. The Morgan fingerprint density at radius 2 is 2.00 bits per heavy atom. The number of aromatic carboxylic acids is 1. The Bertz CT molecular complexity index is 797. The number of carboxylic acid groups (broad SMARTS) is 1. The number of carbonyl (C=O) groups is 1. The van der Waals surface area contributed by atoms with Gasteiger partial charge in [0.1, 0.15) is 11.3 Å². The first-order valence-electron chi connectivity index (χ1n) is 4.94. The summed E-state index contributed by atoms with van der Waals surface area (Å²) in [6.45, 7) is 0. The molecule has 0 unspecified atom stereocenters. The molecule has 0 aliphatic heterocycles. The van der Waals surface area contributed by atoms with Crippen LogP contribution in [0, 0.1) is 0 Å². The maximum absolute atomic E-state index is 11.6. The van der Waals surface area contributed by atoms with Crippen LogP contribution in [0.3, 0.4) is 0 Å². The topological polar surface area (TPSA) is 83.3 Å². The Morgan fingerprint density at radius 3 is 2.76 bits per heavy atom. The van der Waals surface area contributed by atoms with Crippen LogP contribution in [0.4, 0.5) is 0 Å². The van der Waals surface area contributed by atoms with Gasteiger partial charge >= 0.3 is 11.6 Å². The second-order valence-electron chi connectivity index (χ2n) is 3.64. The molecule has 2 aromatic heterocycles. The second kappa shape index (κ2) is 3.21. The molecular formula is C12H7NO4. The van der Waals surface area contributed by atoms with Crippen LogP contribution in [-0.4, -0.2) is 16.1 Å². The fourth-order valence-corrected chi connectivity index (χ4v) is 1.95. The Morgan fingerprint density at radius 1 is 1.24 bits per heavy atom. The molecule has 0 fully saturated rings. The number of benzene rings is 1. The van der Waals surface area contributed by atoms with Crippen LogP contribution in [0.25, 0.3) is 21.7 Å². The second-order valence-corrected chi connectivity index (χ2v) is 3.64. The third kappa shape index (κ3) is 1.25. The summed E-state index contributed by atoms with van der Waals surface area (Å²) < 4.78 is 5.10. The third-order valence-corrected chi connectivity index (χ3v) is 2.67. The summed E-state index contributed by atoms with van der Waals surface area (Å²) in [5, 5.41) is 10.3. The minimum absolute atomic E-state index is 0.00380. The van der Waals surface area contributed by atoms with Crippen molar-refractivity contribution in [3.8, 4) is 0 Å². The van der Waals surface area contributed by atoms with E-state index in [1.54, 1.807) is 24.3 Å². The highest BCUT2D eigenvalue weighted by Crippen LogP contribution is 2.25. The molecule has 0 saturated heterocycles. The van der Waals surface area contributed by atoms with Crippen molar-refractivity contribution in [2.24, 2.45) is 0 Å². The largest absolute Gasteiger partial charge is 0.477 e. The van der Waals surface area contributed by atoms with Crippen LogP contribution in [0.5, 0.6) is 0 Å². The van der Waals surface area contributed by atoms with Crippen LogP contribution < -0.4 is 5.63 Å². The quantitative estimate of drug-likeness (QED) is 0.625. The van der Waals surface area contributed by atoms with E-state index >= 15 is 0 Å². The van der Waals surface area contributed by atoms with Crippen molar-refractivity contribution in [2.45, 2.75) is 0 Å². The van der Waals surface area contributed by atoms with E-state index in [-0.39, 0.29) is 11.1 Å². The first-order valence-corrected chi connectivity index (χ1v) is 4.94. The molecule has 0 radical (unpaired) electrons. The Balaban J connectivity index is 2.65. The van der Waals surface area contributed by atoms with Gasteiger partial charge in [-0.2, -0.15) is 0 Å². The van der Waals surface area contributed by atoms with E-state index < -0.39 is 11.6 Å². The number of para-hydroxylation sites is 1. The van der Waals surface area contributed by atoms with Crippen molar-refractivity contribution in [3.63, 3.8) is 0 Å². The van der Waals surface area contributed by atoms with Crippen molar-refractivity contribution in [1.82, 2.24) is 4.98 Å². The fraction of sp³-hybridized carbons (Fsp3) is 0. The molecule has 0 aliphatic rings. The zero-order valence-corrected chi connectivity index (χ0v) is 8.56. The lowest BCUT2D eigenvalue weighted by Gasteiger charge is -1.98. The van der Waals surface area contributed by atoms with E-state index in [0.29, 0.717) is 16.4 Å². The van der Waals surface area contributed by atoms with E-state index in [2.05, 4.69) is 4.98 Å². The Labute approximate surface area is 94.3 Å². The van der Waals surface area contributed by atoms with Gasteiger partial charge in [-0.15, -0.1) is 0 Å². The van der Waals surface area contributed by atoms with Gasteiger partial charge in [-0.1, -0.05) is 18.2 Å². The maximum Gasteiger partial charge on any atom is 0.352 e. The Kier molecular flexibility index (Phi) is 1.82. The summed E-state index contributed by atoms with van der Waals surface area (Å²) >= 11 is 0. The van der Waals surface area contributed by atoms with Crippen molar-refractivity contribution in [2.75, 3.05) is 0 Å². The smallest absolute Gasteiger partial charge is 0.352 e. The summed E-state index contributed by atoms with van der Waals surface area (Å²) in [6, 6.07) is 6.85. The van der Waals surface area contributed by atoms with Gasteiger partial charge in [0, 0.05) is 17.0 Å². The van der Waals surface area contributed by atoms with Crippen LogP contribution in [0.2, 0.25) is 0 Å². The zero-order chi connectivity index (χ0) is 12.0. The zero-order valence-electron chi connectivity index (χ0n) is 8.56. The van der Waals surface area contributed by atoms with E-state index in [1.165, 1.54) is 6.20 Å². The lowest BCUT2D eigenvalue weighted by Crippen LogP contribution is -2.00. The maximum atomic E-state index is 11.6. The molecule has 2 heterocycles. The lowest BCUT2D eigenvalue weighted by molar-refractivity contribution is 0.0693. The predicted octanol–water partition coefficient (Wildman–Crippen LogP) is 1.97. The first kappa shape index (κ1) is 9.65. The molecule has 0 saturated carbocycles. The molecule has 0 aliphatic carbocycles. The van der Waals surface area contributed by atoms with Crippen LogP contribution in [0.15, 0.2) is 39.7 Å². The number of aromatic nitrogens is 1. The number of hydrogen-bond donors (Lipinski definition) is 2. The molecule has 1 aromatic carbocycles. The highest BCUT2D eigenvalue weighted by molar-refractivity contribution is 6.13. The van der Waals surface area contributed by atoms with E-state index in [9.17, 15) is 9.59 Å². The van der Waals surface area contributed by atoms with Gasteiger partial charge < -0.3 is 14.5 Å². The highest BCUT2D eigenvalue weighted by Gasteiger charge is 2.16. The number of H-pyrrole nitrogens is 1. The predicted molar refractivity (Wildman–Crippen MR) is 61.3 cm³/mol. The third-order valence-electron chi connectivity index (χ3n) is 2.67. The highest BCUT2D eigenvalue weighted by atomic mass is 16.4. The van der Waals surface area contributed by atoms with Gasteiger partial charge in [-0.25, -0.2) is 9.59 Å². The minimum Gasteiger partial charge on any atom is -0.477 e. The van der Waals surface area contributed by atoms with Crippen molar-refractivity contribution < 1.29 is 14.3 Å². The van der Waals surface area contributed by atoms with Crippen molar-refractivity contribution >= 4 is 27.7 Å². The molecule has 3 aromatic rings. The summed E-state index contributed by atoms with van der Waals surface area (Å²) in [7, 11) is 0. The summed E-state index contributed by atoms with van der Waals surface area (Å²) in [6.07, 6.45) is 1.36. The van der Waals surface area contributed by atoms with Gasteiger partial charge in [0.15, 0.2) is 0 Å². The Hall–Kier alpha value is -2.56. The molecule has 0 amide bonds. The van der Waals surface area contributed by atoms with Crippen LogP contribution in [-0.2, 0) is 0 Å². The summed E-state index contributed by atoms with van der Waals surface area (Å²) in [4.78, 5) is 25.3. The average molecular weight is 229 g/mol. The standard InChI is InChI=1S/C12H7NO4/c14-11(15)10-9-6-3-1-2-4-8(6)17-12(16)7(9)5-13-10/h1-5,13H,(H,14,15). The minimum atomic E-state index is -1.10. The van der Waals surface area contributed by atoms with Crippen LogP contribution in [0.1, 0.15) is 10.5 Å². The molecule has 0 spiro atoms. The monoisotopic (exact) mass is 229 g/mol. The van der Waals surface area contributed by atoms with Crippen LogP contribution >= 0.6 is 0 Å². The molecule has 5 nitrogen and oxygen atoms in total. The van der Waals surface area contributed by atoms with Gasteiger partial charge in [0.05, 0.1) is 5.39 Å². The van der Waals surface area contributed by atoms with E-state index in [1.807, 2.05) is 0 Å². The number of hydrogen-bond acceptors (Lipinski definition) is 3. The molecule has 3 rings (SSSR count). The fourth-order valence-electron chi connectivity index (χ4n) is 1.95. The van der Waals surface area contributed by atoms with E-state index in [4.69, 9.17) is 9.52 Å². The molecule has 2 N–H and O–H groups in total.